The lowest BCUT2D eigenvalue weighted by atomic mass is 10.1. The lowest BCUT2D eigenvalue weighted by Gasteiger charge is -2.28. The molecule has 0 spiro atoms. The molecule has 108 valence electrons. The standard InChI is InChI=1S/C14H23NO3S/c1-14(2,3)18-13(17)15-9-10-5-6-11(15)12(10)19-8-4-7-16/h5-6,10-12,16H,4,7-9H2,1-3H3/t10-,11-,12+/m0/s1. The van der Waals surface area contributed by atoms with E-state index in [-0.39, 0.29) is 18.7 Å². The second-order valence-electron chi connectivity index (χ2n) is 6.08. The summed E-state index contributed by atoms with van der Waals surface area (Å²) in [6.45, 7) is 6.67. The minimum absolute atomic E-state index is 0.156. The number of carbonyl (C=O) groups is 1. The zero-order chi connectivity index (χ0) is 14.0. The molecule has 1 aliphatic carbocycles. The van der Waals surface area contributed by atoms with Gasteiger partial charge < -0.3 is 9.84 Å². The van der Waals surface area contributed by atoms with Crippen molar-refractivity contribution in [3.63, 3.8) is 0 Å². The van der Waals surface area contributed by atoms with Crippen LogP contribution in [0.4, 0.5) is 4.79 Å². The fourth-order valence-electron chi connectivity index (χ4n) is 2.55. The van der Waals surface area contributed by atoms with Crippen LogP contribution in [0.25, 0.3) is 0 Å². The number of amides is 1. The van der Waals surface area contributed by atoms with Gasteiger partial charge in [-0.25, -0.2) is 4.79 Å². The third-order valence-electron chi connectivity index (χ3n) is 3.32. The Hall–Kier alpha value is -0.680. The Morgan fingerprint density at radius 2 is 2.21 bits per heavy atom. The van der Waals surface area contributed by atoms with Gasteiger partial charge in [0, 0.05) is 24.3 Å². The molecule has 1 saturated heterocycles. The number of fused-ring (bicyclic) bond motifs is 2. The van der Waals surface area contributed by atoms with Crippen LogP contribution in [-0.2, 0) is 4.74 Å². The number of ether oxygens (including phenoxy) is 1. The van der Waals surface area contributed by atoms with E-state index >= 15 is 0 Å². The van der Waals surface area contributed by atoms with Crippen molar-refractivity contribution in [2.75, 3.05) is 18.9 Å². The first kappa shape index (κ1) is 14.7. The molecule has 0 aromatic carbocycles. The molecule has 1 N–H and O–H groups in total. The van der Waals surface area contributed by atoms with Crippen molar-refractivity contribution in [1.82, 2.24) is 4.90 Å². The fraction of sp³-hybridized carbons (Fsp3) is 0.786. The van der Waals surface area contributed by atoms with E-state index in [1.165, 1.54) is 0 Å². The normalized spacial score (nSPS) is 29.1. The second-order valence-corrected chi connectivity index (χ2v) is 7.37. The van der Waals surface area contributed by atoms with Crippen molar-refractivity contribution in [1.29, 1.82) is 0 Å². The molecule has 1 fully saturated rings. The molecule has 1 amide bonds. The first-order valence-electron chi connectivity index (χ1n) is 6.83. The quantitative estimate of drug-likeness (QED) is 0.636. The van der Waals surface area contributed by atoms with Crippen LogP contribution in [0, 0.1) is 5.92 Å². The lowest BCUT2D eigenvalue weighted by molar-refractivity contribution is 0.0248. The maximum absolute atomic E-state index is 12.1. The van der Waals surface area contributed by atoms with Gasteiger partial charge in [0.15, 0.2) is 0 Å². The minimum Gasteiger partial charge on any atom is -0.444 e. The molecule has 2 rings (SSSR count). The largest absolute Gasteiger partial charge is 0.444 e. The Balaban J connectivity index is 1.92. The van der Waals surface area contributed by atoms with Crippen molar-refractivity contribution in [3.8, 4) is 0 Å². The predicted molar refractivity (Wildman–Crippen MR) is 77.3 cm³/mol. The average Bonchev–Trinajstić information content (AvgIpc) is 2.84. The molecule has 3 atom stereocenters. The molecular weight excluding hydrogens is 262 g/mol. The van der Waals surface area contributed by atoms with Crippen LogP contribution < -0.4 is 0 Å². The van der Waals surface area contributed by atoms with Gasteiger partial charge in [-0.2, -0.15) is 11.8 Å². The third-order valence-corrected chi connectivity index (χ3v) is 4.86. The first-order chi connectivity index (χ1) is 8.92. The molecule has 0 radical (unpaired) electrons. The summed E-state index contributed by atoms with van der Waals surface area (Å²) in [6.07, 6.45) is 4.93. The summed E-state index contributed by atoms with van der Waals surface area (Å²) in [5.74, 6) is 1.37. The van der Waals surface area contributed by atoms with E-state index in [1.54, 1.807) is 0 Å². The Labute approximate surface area is 119 Å². The Morgan fingerprint density at radius 1 is 1.47 bits per heavy atom. The first-order valence-corrected chi connectivity index (χ1v) is 7.87. The monoisotopic (exact) mass is 285 g/mol. The summed E-state index contributed by atoms with van der Waals surface area (Å²) in [5.41, 5.74) is -0.442. The topological polar surface area (TPSA) is 49.8 Å². The zero-order valence-electron chi connectivity index (χ0n) is 11.8. The van der Waals surface area contributed by atoms with E-state index in [4.69, 9.17) is 9.84 Å². The Kier molecular flexibility index (Phi) is 4.46. The predicted octanol–water partition coefficient (Wildman–Crippen LogP) is 2.28. The molecule has 0 unspecified atom stereocenters. The van der Waals surface area contributed by atoms with Crippen LogP contribution in [0.2, 0.25) is 0 Å². The fourth-order valence-corrected chi connectivity index (χ4v) is 3.97. The number of rotatable bonds is 4. The number of thioether (sulfide) groups is 1. The van der Waals surface area contributed by atoms with Crippen molar-refractivity contribution < 1.29 is 14.6 Å². The second kappa shape index (κ2) is 5.75. The SMILES string of the molecule is CC(C)(C)OC(=O)N1C[C@@H]2C=C[C@H]1[C@@H]2SCCCO. The van der Waals surface area contributed by atoms with Crippen molar-refractivity contribution in [2.45, 2.75) is 44.1 Å². The van der Waals surface area contributed by atoms with Crippen LogP contribution in [-0.4, -0.2) is 51.9 Å². The zero-order valence-corrected chi connectivity index (χ0v) is 12.7. The van der Waals surface area contributed by atoms with E-state index < -0.39 is 5.60 Å². The van der Waals surface area contributed by atoms with Gasteiger partial charge in [0.05, 0.1) is 6.04 Å². The molecule has 0 aromatic heterocycles. The highest BCUT2D eigenvalue weighted by atomic mass is 32.2. The van der Waals surface area contributed by atoms with E-state index in [9.17, 15) is 4.79 Å². The number of hydrogen-bond donors (Lipinski definition) is 1. The maximum atomic E-state index is 12.1. The summed E-state index contributed by atoms with van der Waals surface area (Å²) in [7, 11) is 0. The van der Waals surface area contributed by atoms with Crippen LogP contribution in [0.3, 0.4) is 0 Å². The van der Waals surface area contributed by atoms with Gasteiger partial charge in [-0.1, -0.05) is 12.2 Å². The summed E-state index contributed by atoms with van der Waals surface area (Å²) >= 11 is 1.85. The highest BCUT2D eigenvalue weighted by Gasteiger charge is 2.46. The van der Waals surface area contributed by atoms with Crippen molar-refractivity contribution in [2.24, 2.45) is 5.92 Å². The average molecular weight is 285 g/mol. The van der Waals surface area contributed by atoms with Gasteiger partial charge in [0.1, 0.15) is 5.60 Å². The van der Waals surface area contributed by atoms with Crippen molar-refractivity contribution in [3.05, 3.63) is 12.2 Å². The number of hydrogen-bond acceptors (Lipinski definition) is 4. The van der Waals surface area contributed by atoms with Gasteiger partial charge in [-0.15, -0.1) is 0 Å². The van der Waals surface area contributed by atoms with Gasteiger partial charge in [0.2, 0.25) is 0 Å². The van der Waals surface area contributed by atoms with E-state index in [0.29, 0.717) is 11.2 Å². The smallest absolute Gasteiger partial charge is 0.410 e. The van der Waals surface area contributed by atoms with E-state index in [1.807, 2.05) is 37.4 Å². The highest BCUT2D eigenvalue weighted by molar-refractivity contribution is 8.00. The van der Waals surface area contributed by atoms with E-state index in [0.717, 1.165) is 18.7 Å². The van der Waals surface area contributed by atoms with Gasteiger partial charge in [-0.05, 0) is 32.9 Å². The number of carbonyl (C=O) groups excluding carboxylic acids is 1. The molecule has 0 saturated carbocycles. The van der Waals surface area contributed by atoms with Crippen LogP contribution >= 0.6 is 11.8 Å². The van der Waals surface area contributed by atoms with Crippen molar-refractivity contribution >= 4 is 17.9 Å². The van der Waals surface area contributed by atoms with Gasteiger partial charge in [0.25, 0.3) is 0 Å². The summed E-state index contributed by atoms with van der Waals surface area (Å²) in [4.78, 5) is 14.0. The molecule has 19 heavy (non-hydrogen) atoms. The number of aliphatic hydroxyl groups is 1. The lowest BCUT2D eigenvalue weighted by Crippen LogP contribution is -2.41. The maximum Gasteiger partial charge on any atom is 0.410 e. The van der Waals surface area contributed by atoms with E-state index in [2.05, 4.69) is 12.2 Å². The molecule has 5 heteroatoms. The van der Waals surface area contributed by atoms with Crippen LogP contribution in [0.15, 0.2) is 12.2 Å². The highest BCUT2D eigenvalue weighted by Crippen LogP contribution is 2.40. The molecule has 2 aliphatic rings. The summed E-state index contributed by atoms with van der Waals surface area (Å²) in [6, 6.07) is 0.156. The molecular formula is C14H23NO3S. The summed E-state index contributed by atoms with van der Waals surface area (Å²) in [5, 5.41) is 9.27. The minimum atomic E-state index is -0.442. The van der Waals surface area contributed by atoms with Gasteiger partial charge >= 0.3 is 6.09 Å². The molecule has 4 nitrogen and oxygen atoms in total. The molecule has 2 bridgehead atoms. The van der Waals surface area contributed by atoms with Gasteiger partial charge in [-0.3, -0.25) is 4.90 Å². The molecule has 1 aliphatic heterocycles. The Bertz CT molecular complexity index is 364. The summed E-state index contributed by atoms with van der Waals surface area (Å²) < 4.78 is 5.45. The number of nitrogens with zero attached hydrogens (tertiary/aromatic N) is 1. The third kappa shape index (κ3) is 3.45. The van der Waals surface area contributed by atoms with Crippen LogP contribution in [0.1, 0.15) is 27.2 Å². The molecule has 0 aromatic rings. The number of aliphatic hydroxyl groups excluding tert-OH is 1. The Morgan fingerprint density at radius 3 is 2.84 bits per heavy atom. The van der Waals surface area contributed by atoms with Crippen LogP contribution in [0.5, 0.6) is 0 Å². The number of likely N-dealkylation sites (tertiary alicyclic amines) is 1. The molecule has 1 heterocycles.